The molecule has 0 saturated heterocycles. The lowest BCUT2D eigenvalue weighted by atomic mass is 10.3. The predicted molar refractivity (Wildman–Crippen MR) is 72.3 cm³/mol. The van der Waals surface area contributed by atoms with E-state index in [-0.39, 0.29) is 6.54 Å². The molecule has 0 aliphatic rings. The zero-order valence-electron chi connectivity index (χ0n) is 9.41. The fraction of sp³-hybridized carbons (Fsp3) is 0.167. The summed E-state index contributed by atoms with van der Waals surface area (Å²) in [5.41, 5.74) is 0.817. The number of carboxylic acids is 1. The van der Waals surface area contributed by atoms with Gasteiger partial charge in [0.2, 0.25) is 0 Å². The van der Waals surface area contributed by atoms with E-state index in [2.05, 4.69) is 4.98 Å². The summed E-state index contributed by atoms with van der Waals surface area (Å²) in [5, 5.41) is 12.3. The van der Waals surface area contributed by atoms with Gasteiger partial charge in [-0.3, -0.25) is 4.79 Å². The maximum atomic E-state index is 10.9. The van der Waals surface area contributed by atoms with Crippen LogP contribution < -0.4 is 4.90 Å². The predicted octanol–water partition coefficient (Wildman–Crippen LogP) is 2.89. The molecule has 0 bridgehead atoms. The summed E-state index contributed by atoms with van der Waals surface area (Å²) in [6.45, 7) is 0.410. The Morgan fingerprint density at radius 1 is 1.39 bits per heavy atom. The first-order valence-corrected chi connectivity index (χ1v) is 6.51. The van der Waals surface area contributed by atoms with E-state index in [1.54, 1.807) is 35.4 Å². The van der Waals surface area contributed by atoms with Gasteiger partial charge in [0.15, 0.2) is 0 Å². The van der Waals surface area contributed by atoms with Crippen molar-refractivity contribution in [2.24, 2.45) is 0 Å². The molecule has 0 amide bonds. The minimum absolute atomic E-state index is 0.0682. The summed E-state index contributed by atoms with van der Waals surface area (Å²) in [5.74, 6) is -0.874. The zero-order chi connectivity index (χ0) is 13.0. The van der Waals surface area contributed by atoms with Crippen molar-refractivity contribution in [2.75, 3.05) is 11.4 Å². The highest BCUT2D eigenvalue weighted by Gasteiger charge is 2.12. The van der Waals surface area contributed by atoms with Gasteiger partial charge in [0, 0.05) is 22.3 Å². The Hall–Kier alpha value is -1.59. The molecule has 4 nitrogen and oxygen atoms in total. The van der Waals surface area contributed by atoms with Crippen molar-refractivity contribution in [2.45, 2.75) is 6.54 Å². The average molecular weight is 283 g/mol. The normalized spacial score (nSPS) is 10.3. The summed E-state index contributed by atoms with van der Waals surface area (Å²) in [6, 6.07) is 7.10. The molecule has 0 radical (unpaired) electrons. The Bertz CT molecular complexity index is 513. The van der Waals surface area contributed by atoms with Crippen LogP contribution in [-0.4, -0.2) is 22.6 Å². The smallest absolute Gasteiger partial charge is 0.323 e. The van der Waals surface area contributed by atoms with E-state index in [1.165, 1.54) is 11.3 Å². The third kappa shape index (κ3) is 3.45. The minimum Gasteiger partial charge on any atom is -0.480 e. The van der Waals surface area contributed by atoms with Crippen LogP contribution in [0.2, 0.25) is 5.02 Å². The van der Waals surface area contributed by atoms with Crippen LogP contribution in [0.3, 0.4) is 0 Å². The maximum absolute atomic E-state index is 10.9. The monoisotopic (exact) mass is 282 g/mol. The molecule has 6 heteroatoms. The molecule has 94 valence electrons. The van der Waals surface area contributed by atoms with Crippen molar-refractivity contribution in [1.82, 2.24) is 4.98 Å². The van der Waals surface area contributed by atoms with Crippen LogP contribution in [0.4, 0.5) is 5.69 Å². The number of carboxylic acid groups (broad SMARTS) is 1. The number of hydrogen-bond donors (Lipinski definition) is 1. The molecule has 1 N–H and O–H groups in total. The van der Waals surface area contributed by atoms with E-state index in [0.29, 0.717) is 11.6 Å². The first-order valence-electron chi connectivity index (χ1n) is 5.26. The van der Waals surface area contributed by atoms with E-state index in [0.717, 1.165) is 10.7 Å². The highest BCUT2D eigenvalue weighted by atomic mass is 35.5. The van der Waals surface area contributed by atoms with Crippen molar-refractivity contribution in [3.8, 4) is 0 Å². The summed E-state index contributed by atoms with van der Waals surface area (Å²) in [4.78, 5) is 16.8. The number of halogens is 1. The Morgan fingerprint density at radius 3 is 2.67 bits per heavy atom. The van der Waals surface area contributed by atoms with Gasteiger partial charge in [-0.15, -0.1) is 11.3 Å². The molecule has 1 aromatic heterocycles. The minimum atomic E-state index is -0.874. The van der Waals surface area contributed by atoms with Crippen molar-refractivity contribution in [3.63, 3.8) is 0 Å². The number of nitrogens with zero attached hydrogens (tertiary/aromatic N) is 2. The Labute approximate surface area is 113 Å². The maximum Gasteiger partial charge on any atom is 0.323 e. The zero-order valence-corrected chi connectivity index (χ0v) is 11.0. The van der Waals surface area contributed by atoms with E-state index in [9.17, 15) is 4.79 Å². The first-order chi connectivity index (χ1) is 8.65. The van der Waals surface area contributed by atoms with Crippen molar-refractivity contribution in [1.29, 1.82) is 0 Å². The van der Waals surface area contributed by atoms with Gasteiger partial charge in [-0.05, 0) is 24.3 Å². The topological polar surface area (TPSA) is 53.4 Å². The fourth-order valence-electron chi connectivity index (χ4n) is 1.55. The van der Waals surface area contributed by atoms with Crippen LogP contribution in [0.25, 0.3) is 0 Å². The number of benzene rings is 1. The number of anilines is 1. The van der Waals surface area contributed by atoms with Gasteiger partial charge in [-0.1, -0.05) is 11.6 Å². The molecular weight excluding hydrogens is 272 g/mol. The Kier molecular flexibility index (Phi) is 4.17. The van der Waals surface area contributed by atoms with Crippen LogP contribution in [0.5, 0.6) is 0 Å². The SMILES string of the molecule is O=C(O)CN(Cc1nccs1)c1ccc(Cl)cc1. The second-order valence-electron chi connectivity index (χ2n) is 3.65. The summed E-state index contributed by atoms with van der Waals surface area (Å²) >= 11 is 7.32. The van der Waals surface area contributed by atoms with E-state index in [1.807, 2.05) is 5.38 Å². The lowest BCUT2D eigenvalue weighted by Crippen LogP contribution is -2.29. The molecule has 0 aliphatic carbocycles. The number of aliphatic carboxylic acids is 1. The molecular formula is C12H11ClN2O2S. The van der Waals surface area contributed by atoms with Crippen LogP contribution in [0.15, 0.2) is 35.8 Å². The quantitative estimate of drug-likeness (QED) is 0.916. The molecule has 1 heterocycles. The van der Waals surface area contributed by atoms with Crippen LogP contribution in [0.1, 0.15) is 5.01 Å². The van der Waals surface area contributed by atoms with Gasteiger partial charge >= 0.3 is 5.97 Å². The van der Waals surface area contributed by atoms with Gasteiger partial charge in [0.05, 0.1) is 6.54 Å². The first kappa shape index (κ1) is 12.9. The second-order valence-corrected chi connectivity index (χ2v) is 5.07. The highest BCUT2D eigenvalue weighted by Crippen LogP contribution is 2.20. The molecule has 2 aromatic rings. The molecule has 0 saturated carbocycles. The van der Waals surface area contributed by atoms with Gasteiger partial charge < -0.3 is 10.0 Å². The largest absolute Gasteiger partial charge is 0.480 e. The van der Waals surface area contributed by atoms with Gasteiger partial charge in [0.1, 0.15) is 11.6 Å². The van der Waals surface area contributed by atoms with E-state index in [4.69, 9.17) is 16.7 Å². The number of thiazole rings is 1. The van der Waals surface area contributed by atoms with Crippen molar-refractivity contribution < 1.29 is 9.90 Å². The molecule has 0 unspecified atom stereocenters. The molecule has 18 heavy (non-hydrogen) atoms. The molecule has 0 atom stereocenters. The summed E-state index contributed by atoms with van der Waals surface area (Å²) in [6.07, 6.45) is 1.71. The van der Waals surface area contributed by atoms with Gasteiger partial charge in [0.25, 0.3) is 0 Å². The Balaban J connectivity index is 2.19. The number of hydrogen-bond acceptors (Lipinski definition) is 4. The molecule has 2 rings (SSSR count). The standard InChI is InChI=1S/C12H11ClN2O2S/c13-9-1-3-10(4-2-9)15(8-12(16)17)7-11-14-5-6-18-11/h1-6H,7-8H2,(H,16,17). The average Bonchev–Trinajstić information content (AvgIpc) is 2.81. The lowest BCUT2D eigenvalue weighted by molar-refractivity contribution is -0.135. The Morgan fingerprint density at radius 2 is 2.11 bits per heavy atom. The molecule has 0 aliphatic heterocycles. The number of rotatable bonds is 5. The summed E-state index contributed by atoms with van der Waals surface area (Å²) < 4.78 is 0. The third-order valence-corrected chi connectivity index (χ3v) is 3.34. The van der Waals surface area contributed by atoms with Crippen molar-refractivity contribution >= 4 is 34.6 Å². The number of aromatic nitrogens is 1. The van der Waals surface area contributed by atoms with E-state index >= 15 is 0 Å². The second kappa shape index (κ2) is 5.84. The fourth-order valence-corrected chi connectivity index (χ4v) is 2.30. The summed E-state index contributed by atoms with van der Waals surface area (Å²) in [7, 11) is 0. The van der Waals surface area contributed by atoms with Crippen LogP contribution in [0, 0.1) is 0 Å². The molecule has 0 fully saturated rings. The molecule has 0 spiro atoms. The van der Waals surface area contributed by atoms with Crippen molar-refractivity contribution in [3.05, 3.63) is 45.9 Å². The van der Waals surface area contributed by atoms with Crippen LogP contribution >= 0.6 is 22.9 Å². The van der Waals surface area contributed by atoms with Gasteiger partial charge in [-0.2, -0.15) is 0 Å². The highest BCUT2D eigenvalue weighted by molar-refractivity contribution is 7.09. The molecule has 1 aromatic carbocycles. The number of carbonyl (C=O) groups is 1. The van der Waals surface area contributed by atoms with Crippen LogP contribution in [-0.2, 0) is 11.3 Å². The van der Waals surface area contributed by atoms with E-state index < -0.39 is 5.97 Å². The lowest BCUT2D eigenvalue weighted by Gasteiger charge is -2.21. The third-order valence-electron chi connectivity index (χ3n) is 2.33. The van der Waals surface area contributed by atoms with Gasteiger partial charge in [-0.25, -0.2) is 4.98 Å².